The monoisotopic (exact) mass is 895 g/mol. The van der Waals surface area contributed by atoms with Crippen molar-refractivity contribution in [3.63, 3.8) is 0 Å². The number of hydrogen-bond acceptors (Lipinski definition) is 6. The molecular weight excluding hydrogens is 793 g/mol. The Morgan fingerprint density at radius 2 is 0.688 bits per heavy atom. The lowest BCUT2D eigenvalue weighted by Gasteiger charge is -2.18. The summed E-state index contributed by atoms with van der Waals surface area (Å²) in [6.45, 7) is 6.40. The van der Waals surface area contributed by atoms with Gasteiger partial charge >= 0.3 is 17.9 Å². The van der Waals surface area contributed by atoms with Crippen LogP contribution in [-0.4, -0.2) is 37.2 Å². The number of esters is 3. The van der Waals surface area contributed by atoms with Crippen molar-refractivity contribution < 1.29 is 28.6 Å². The summed E-state index contributed by atoms with van der Waals surface area (Å²) in [5, 5.41) is 0. The fourth-order valence-electron chi connectivity index (χ4n) is 7.78. The van der Waals surface area contributed by atoms with Gasteiger partial charge in [0.2, 0.25) is 0 Å². The molecule has 0 saturated carbocycles. The highest BCUT2D eigenvalue weighted by Gasteiger charge is 2.19. The van der Waals surface area contributed by atoms with Crippen LogP contribution in [0.1, 0.15) is 271 Å². The maximum Gasteiger partial charge on any atom is 0.306 e. The Kier molecular flexibility index (Phi) is 50.4. The first-order chi connectivity index (χ1) is 31.5. The summed E-state index contributed by atoms with van der Waals surface area (Å²) in [6.07, 6.45) is 65.0. The predicted octanol–water partition coefficient (Wildman–Crippen LogP) is 18.0. The summed E-state index contributed by atoms with van der Waals surface area (Å²) in [6, 6.07) is 0. The Hall–Kier alpha value is -2.89. The molecule has 64 heavy (non-hydrogen) atoms. The zero-order valence-corrected chi connectivity index (χ0v) is 42.3. The molecule has 0 aromatic carbocycles. The van der Waals surface area contributed by atoms with Gasteiger partial charge in [-0.3, -0.25) is 14.4 Å². The average Bonchev–Trinajstić information content (AvgIpc) is 3.29. The quantitative estimate of drug-likeness (QED) is 0.0199. The first-order valence-electron chi connectivity index (χ1n) is 27.3. The third kappa shape index (κ3) is 50.1. The van der Waals surface area contributed by atoms with Crippen LogP contribution in [0, 0.1) is 0 Å². The fraction of sp³-hybridized carbons (Fsp3) is 0.776. The molecule has 0 N–H and O–H groups in total. The normalized spacial score (nSPS) is 12.5. The van der Waals surface area contributed by atoms with E-state index < -0.39 is 6.10 Å². The second-order valence-electron chi connectivity index (χ2n) is 18.1. The minimum atomic E-state index is -0.784. The van der Waals surface area contributed by atoms with Crippen LogP contribution in [0.3, 0.4) is 0 Å². The molecule has 0 saturated heterocycles. The highest BCUT2D eigenvalue weighted by molar-refractivity contribution is 5.71. The Balaban J connectivity index is 4.34. The van der Waals surface area contributed by atoms with Crippen molar-refractivity contribution >= 4 is 17.9 Å². The van der Waals surface area contributed by atoms with Crippen LogP contribution >= 0.6 is 0 Å². The van der Waals surface area contributed by atoms with Crippen LogP contribution in [0.15, 0.2) is 60.8 Å². The summed E-state index contributed by atoms with van der Waals surface area (Å²) in [7, 11) is 0. The standard InChI is InChI=1S/C58H102O6/c1-4-7-10-13-16-19-22-25-27-28-29-30-31-34-36-39-42-45-48-51-57(60)63-54-55(53-62-56(59)50-47-44-41-38-35-32-24-21-18-15-12-9-6-3)64-58(61)52-49-46-43-40-37-33-26-23-20-17-14-11-8-5-2/h8-9,11-12,15,17-18,20-21,24,55H,4-7,10,13-14,16,19,22-23,25-54H2,1-3H3/b11-8+,12-9+,18-15+,20-17+,24-21+. The van der Waals surface area contributed by atoms with Crippen LogP contribution in [0.25, 0.3) is 0 Å². The summed E-state index contributed by atoms with van der Waals surface area (Å²) >= 11 is 0. The number of allylic oxidation sites excluding steroid dienone is 10. The Morgan fingerprint density at radius 1 is 0.344 bits per heavy atom. The van der Waals surface area contributed by atoms with Gasteiger partial charge in [-0.2, -0.15) is 0 Å². The molecule has 0 aliphatic rings. The average molecular weight is 895 g/mol. The molecule has 1 unspecified atom stereocenters. The van der Waals surface area contributed by atoms with Crippen molar-refractivity contribution in [1.29, 1.82) is 0 Å². The molecule has 0 aliphatic heterocycles. The molecule has 0 spiro atoms. The molecule has 1 atom stereocenters. The maximum atomic E-state index is 12.8. The Labute approximate surface area is 396 Å². The Morgan fingerprint density at radius 3 is 1.11 bits per heavy atom. The van der Waals surface area contributed by atoms with Gasteiger partial charge in [-0.05, 0) is 64.2 Å². The third-order valence-electron chi connectivity index (χ3n) is 11.8. The third-order valence-corrected chi connectivity index (χ3v) is 11.8. The molecular formula is C58H102O6. The zero-order valence-electron chi connectivity index (χ0n) is 42.3. The number of rotatable bonds is 49. The minimum absolute atomic E-state index is 0.0821. The summed E-state index contributed by atoms with van der Waals surface area (Å²) in [5.74, 6) is -0.903. The van der Waals surface area contributed by atoms with Crippen LogP contribution in [0.4, 0.5) is 0 Å². The predicted molar refractivity (Wildman–Crippen MR) is 275 cm³/mol. The molecule has 0 fully saturated rings. The molecule has 0 heterocycles. The molecule has 0 radical (unpaired) electrons. The first-order valence-corrected chi connectivity index (χ1v) is 27.3. The SMILES string of the molecule is CC/C=C/C=C/C=C/CCCCCCCC(=O)OCC(COC(=O)CCCCCCCCCCCCCCCCCCCCC)OC(=O)CCCCCCCCC/C=C/C/C=C/CC. The molecule has 6 heteroatoms. The van der Waals surface area contributed by atoms with Crippen LogP contribution < -0.4 is 0 Å². The minimum Gasteiger partial charge on any atom is -0.462 e. The van der Waals surface area contributed by atoms with E-state index in [1.807, 2.05) is 0 Å². The maximum absolute atomic E-state index is 12.8. The van der Waals surface area contributed by atoms with Gasteiger partial charge in [0.15, 0.2) is 6.10 Å². The lowest BCUT2D eigenvalue weighted by atomic mass is 10.0. The van der Waals surface area contributed by atoms with Gasteiger partial charge < -0.3 is 14.2 Å². The Bertz CT molecular complexity index is 1170. The van der Waals surface area contributed by atoms with E-state index >= 15 is 0 Å². The summed E-state index contributed by atoms with van der Waals surface area (Å²) in [5.41, 5.74) is 0. The first kappa shape index (κ1) is 61.1. The van der Waals surface area contributed by atoms with Crippen LogP contribution in [0.5, 0.6) is 0 Å². The van der Waals surface area contributed by atoms with Crippen LogP contribution in [-0.2, 0) is 28.6 Å². The summed E-state index contributed by atoms with van der Waals surface area (Å²) < 4.78 is 16.8. The van der Waals surface area contributed by atoms with Crippen molar-refractivity contribution in [2.75, 3.05) is 13.2 Å². The molecule has 0 rings (SSSR count). The fourth-order valence-corrected chi connectivity index (χ4v) is 7.78. The number of hydrogen-bond donors (Lipinski definition) is 0. The van der Waals surface area contributed by atoms with Gasteiger partial charge in [0.05, 0.1) is 0 Å². The van der Waals surface area contributed by atoms with E-state index in [0.29, 0.717) is 19.3 Å². The van der Waals surface area contributed by atoms with E-state index in [4.69, 9.17) is 14.2 Å². The van der Waals surface area contributed by atoms with E-state index in [9.17, 15) is 14.4 Å². The van der Waals surface area contributed by atoms with Gasteiger partial charge in [0.1, 0.15) is 13.2 Å². The van der Waals surface area contributed by atoms with Crippen molar-refractivity contribution in [2.45, 2.75) is 277 Å². The van der Waals surface area contributed by atoms with Gasteiger partial charge in [-0.1, -0.05) is 248 Å². The number of carbonyl (C=O) groups is 3. The lowest BCUT2D eigenvalue weighted by Crippen LogP contribution is -2.30. The number of ether oxygens (including phenoxy) is 3. The molecule has 370 valence electrons. The second-order valence-corrected chi connectivity index (χ2v) is 18.1. The van der Waals surface area contributed by atoms with Crippen molar-refractivity contribution in [3.05, 3.63) is 60.8 Å². The van der Waals surface area contributed by atoms with E-state index in [1.54, 1.807) is 0 Å². The van der Waals surface area contributed by atoms with Crippen LogP contribution in [0.2, 0.25) is 0 Å². The highest BCUT2D eigenvalue weighted by Crippen LogP contribution is 2.16. The van der Waals surface area contributed by atoms with E-state index in [2.05, 4.69) is 81.5 Å². The van der Waals surface area contributed by atoms with Crippen molar-refractivity contribution in [2.24, 2.45) is 0 Å². The van der Waals surface area contributed by atoms with Crippen molar-refractivity contribution in [1.82, 2.24) is 0 Å². The van der Waals surface area contributed by atoms with Gasteiger partial charge in [0, 0.05) is 19.3 Å². The van der Waals surface area contributed by atoms with Gasteiger partial charge in [-0.15, -0.1) is 0 Å². The van der Waals surface area contributed by atoms with E-state index in [1.165, 1.54) is 128 Å². The number of unbranched alkanes of at least 4 members (excludes halogenated alkanes) is 30. The molecule has 0 aromatic rings. The molecule has 0 aromatic heterocycles. The largest absolute Gasteiger partial charge is 0.462 e. The van der Waals surface area contributed by atoms with Crippen molar-refractivity contribution in [3.8, 4) is 0 Å². The van der Waals surface area contributed by atoms with Gasteiger partial charge in [0.25, 0.3) is 0 Å². The second kappa shape index (κ2) is 52.7. The molecule has 0 amide bonds. The molecule has 0 aliphatic carbocycles. The smallest absolute Gasteiger partial charge is 0.306 e. The van der Waals surface area contributed by atoms with E-state index in [0.717, 1.165) is 103 Å². The number of carbonyl (C=O) groups excluding carboxylic acids is 3. The lowest BCUT2D eigenvalue weighted by molar-refractivity contribution is -0.167. The van der Waals surface area contributed by atoms with Gasteiger partial charge in [-0.25, -0.2) is 0 Å². The van der Waals surface area contributed by atoms with E-state index in [-0.39, 0.29) is 31.1 Å². The molecule has 0 bridgehead atoms. The topological polar surface area (TPSA) is 78.9 Å². The highest BCUT2D eigenvalue weighted by atomic mass is 16.6. The summed E-state index contributed by atoms with van der Waals surface area (Å²) in [4.78, 5) is 38.0. The molecule has 6 nitrogen and oxygen atoms in total. The zero-order chi connectivity index (χ0) is 46.5.